The minimum atomic E-state index is 0.355. The van der Waals surface area contributed by atoms with E-state index in [9.17, 15) is 5.11 Å². The highest BCUT2D eigenvalue weighted by molar-refractivity contribution is 5.58. The van der Waals surface area contributed by atoms with Crippen LogP contribution in [-0.2, 0) is 6.54 Å². The Kier molecular flexibility index (Phi) is 4.15. The standard InChI is InChI=1S/C17H21N3O/c1-13-5-9-20(10-6-13)12-15-11-14(3-4-16(15)21)17-18-7-2-8-19-17/h2-4,7-8,11,13,21H,5-6,9-10,12H2,1H3. The van der Waals surface area contributed by atoms with E-state index in [1.165, 1.54) is 12.8 Å². The van der Waals surface area contributed by atoms with E-state index < -0.39 is 0 Å². The van der Waals surface area contributed by atoms with Gasteiger partial charge >= 0.3 is 0 Å². The van der Waals surface area contributed by atoms with E-state index in [1.54, 1.807) is 24.5 Å². The first kappa shape index (κ1) is 14.0. The van der Waals surface area contributed by atoms with Crippen LogP contribution < -0.4 is 0 Å². The van der Waals surface area contributed by atoms with Crippen molar-refractivity contribution in [2.45, 2.75) is 26.3 Å². The van der Waals surface area contributed by atoms with E-state index in [2.05, 4.69) is 21.8 Å². The van der Waals surface area contributed by atoms with Crippen LogP contribution >= 0.6 is 0 Å². The molecule has 2 heterocycles. The molecule has 0 radical (unpaired) electrons. The number of benzene rings is 1. The zero-order chi connectivity index (χ0) is 14.7. The first-order valence-corrected chi connectivity index (χ1v) is 7.54. The van der Waals surface area contributed by atoms with Crippen molar-refractivity contribution in [3.05, 3.63) is 42.2 Å². The van der Waals surface area contributed by atoms with Crippen LogP contribution in [0, 0.1) is 5.92 Å². The van der Waals surface area contributed by atoms with E-state index in [-0.39, 0.29) is 0 Å². The molecule has 1 aliphatic heterocycles. The van der Waals surface area contributed by atoms with Crippen molar-refractivity contribution in [1.29, 1.82) is 0 Å². The van der Waals surface area contributed by atoms with Crippen molar-refractivity contribution < 1.29 is 5.11 Å². The smallest absolute Gasteiger partial charge is 0.159 e. The van der Waals surface area contributed by atoms with Gasteiger partial charge in [0.1, 0.15) is 5.75 Å². The molecule has 4 heteroatoms. The maximum atomic E-state index is 10.1. The minimum Gasteiger partial charge on any atom is -0.508 e. The van der Waals surface area contributed by atoms with Gasteiger partial charge in [0, 0.05) is 30.1 Å². The van der Waals surface area contributed by atoms with Gasteiger partial charge in [0.05, 0.1) is 0 Å². The van der Waals surface area contributed by atoms with Gasteiger partial charge in [-0.3, -0.25) is 4.90 Å². The highest BCUT2D eigenvalue weighted by Crippen LogP contribution is 2.26. The van der Waals surface area contributed by atoms with Crippen molar-refractivity contribution >= 4 is 0 Å². The SMILES string of the molecule is CC1CCN(Cc2cc(-c3ncccn3)ccc2O)CC1. The van der Waals surface area contributed by atoms with Gasteiger partial charge in [0.15, 0.2) is 5.82 Å². The second-order valence-electron chi connectivity index (χ2n) is 5.87. The van der Waals surface area contributed by atoms with Gasteiger partial charge in [0.2, 0.25) is 0 Å². The molecule has 1 aromatic heterocycles. The Morgan fingerprint density at radius 1 is 1.19 bits per heavy atom. The fourth-order valence-corrected chi connectivity index (χ4v) is 2.76. The number of hydrogen-bond acceptors (Lipinski definition) is 4. The summed E-state index contributed by atoms with van der Waals surface area (Å²) >= 11 is 0. The van der Waals surface area contributed by atoms with Crippen molar-refractivity contribution in [1.82, 2.24) is 14.9 Å². The molecule has 2 aromatic rings. The third-order valence-corrected chi connectivity index (χ3v) is 4.17. The highest BCUT2D eigenvalue weighted by Gasteiger charge is 2.17. The second-order valence-corrected chi connectivity index (χ2v) is 5.87. The van der Waals surface area contributed by atoms with Gasteiger partial charge in [-0.25, -0.2) is 9.97 Å². The lowest BCUT2D eigenvalue weighted by Crippen LogP contribution is -2.32. The molecule has 0 amide bonds. The van der Waals surface area contributed by atoms with Crippen LogP contribution in [0.3, 0.4) is 0 Å². The third kappa shape index (κ3) is 3.39. The van der Waals surface area contributed by atoms with Crippen molar-refractivity contribution in [2.24, 2.45) is 5.92 Å². The summed E-state index contributed by atoms with van der Waals surface area (Å²) in [7, 11) is 0. The molecular weight excluding hydrogens is 262 g/mol. The van der Waals surface area contributed by atoms with Crippen LogP contribution in [-0.4, -0.2) is 33.1 Å². The van der Waals surface area contributed by atoms with Crippen molar-refractivity contribution in [3.63, 3.8) is 0 Å². The second kappa shape index (κ2) is 6.22. The van der Waals surface area contributed by atoms with Crippen LogP contribution in [0.2, 0.25) is 0 Å². The average molecular weight is 283 g/mol. The quantitative estimate of drug-likeness (QED) is 0.940. The molecule has 0 saturated carbocycles. The molecule has 3 rings (SSSR count). The number of phenols is 1. The predicted octanol–water partition coefficient (Wildman–Crippen LogP) is 3.08. The Balaban J connectivity index is 1.79. The summed E-state index contributed by atoms with van der Waals surface area (Å²) < 4.78 is 0. The summed E-state index contributed by atoms with van der Waals surface area (Å²) in [5.41, 5.74) is 1.91. The molecule has 1 aliphatic rings. The van der Waals surface area contributed by atoms with Crippen LogP contribution in [0.15, 0.2) is 36.7 Å². The lowest BCUT2D eigenvalue weighted by molar-refractivity contribution is 0.183. The van der Waals surface area contributed by atoms with E-state index in [4.69, 9.17) is 0 Å². The summed E-state index contributed by atoms with van der Waals surface area (Å²) in [6.07, 6.45) is 5.95. The van der Waals surface area contributed by atoms with Crippen molar-refractivity contribution in [3.8, 4) is 17.1 Å². The number of hydrogen-bond donors (Lipinski definition) is 1. The number of aromatic hydroxyl groups is 1. The normalized spacial score (nSPS) is 17.0. The first-order chi connectivity index (χ1) is 10.2. The molecular formula is C17H21N3O. The summed E-state index contributed by atoms with van der Waals surface area (Å²) in [5.74, 6) is 1.87. The zero-order valence-electron chi connectivity index (χ0n) is 12.4. The molecule has 1 fully saturated rings. The van der Waals surface area contributed by atoms with Gasteiger partial charge in [-0.05, 0) is 56.1 Å². The number of phenolic OH excluding ortho intramolecular Hbond substituents is 1. The largest absolute Gasteiger partial charge is 0.508 e. The number of rotatable bonds is 3. The number of aromatic nitrogens is 2. The monoisotopic (exact) mass is 283 g/mol. The molecule has 21 heavy (non-hydrogen) atoms. The summed E-state index contributed by atoms with van der Waals surface area (Å²) in [5, 5.41) is 10.1. The molecule has 0 spiro atoms. The topological polar surface area (TPSA) is 49.2 Å². The van der Waals surface area contributed by atoms with Gasteiger partial charge in [-0.2, -0.15) is 0 Å². The fraction of sp³-hybridized carbons (Fsp3) is 0.412. The molecule has 1 N–H and O–H groups in total. The average Bonchev–Trinajstić information content (AvgIpc) is 2.52. The van der Waals surface area contributed by atoms with Crippen LogP contribution in [0.25, 0.3) is 11.4 Å². The van der Waals surface area contributed by atoms with Crippen LogP contribution in [0.5, 0.6) is 5.75 Å². The molecule has 110 valence electrons. The van der Waals surface area contributed by atoms with E-state index in [0.29, 0.717) is 11.6 Å². The summed E-state index contributed by atoms with van der Waals surface area (Å²) in [6, 6.07) is 7.42. The maximum Gasteiger partial charge on any atom is 0.159 e. The van der Waals surface area contributed by atoms with Gasteiger partial charge < -0.3 is 5.11 Å². The predicted molar refractivity (Wildman–Crippen MR) is 82.8 cm³/mol. The number of nitrogens with zero attached hydrogens (tertiary/aromatic N) is 3. The summed E-state index contributed by atoms with van der Waals surface area (Å²) in [4.78, 5) is 10.9. The molecule has 1 aromatic carbocycles. The minimum absolute atomic E-state index is 0.355. The van der Waals surface area contributed by atoms with Gasteiger partial charge in [-0.1, -0.05) is 6.92 Å². The summed E-state index contributed by atoms with van der Waals surface area (Å²) in [6.45, 7) is 5.31. The molecule has 0 atom stereocenters. The molecule has 0 aliphatic carbocycles. The lowest BCUT2D eigenvalue weighted by atomic mass is 9.98. The molecule has 4 nitrogen and oxygen atoms in total. The highest BCUT2D eigenvalue weighted by atomic mass is 16.3. The van der Waals surface area contributed by atoms with Gasteiger partial charge in [0.25, 0.3) is 0 Å². The molecule has 1 saturated heterocycles. The van der Waals surface area contributed by atoms with E-state index in [1.807, 2.05) is 12.1 Å². The Hall–Kier alpha value is -1.94. The Morgan fingerprint density at radius 3 is 2.62 bits per heavy atom. The molecule has 0 unspecified atom stereocenters. The van der Waals surface area contributed by atoms with Crippen molar-refractivity contribution in [2.75, 3.05) is 13.1 Å². The third-order valence-electron chi connectivity index (χ3n) is 4.17. The van der Waals surface area contributed by atoms with Crippen LogP contribution in [0.4, 0.5) is 0 Å². The Labute approximate surface area is 125 Å². The van der Waals surface area contributed by atoms with E-state index in [0.717, 1.165) is 36.7 Å². The number of piperidine rings is 1. The van der Waals surface area contributed by atoms with Crippen LogP contribution in [0.1, 0.15) is 25.3 Å². The number of likely N-dealkylation sites (tertiary alicyclic amines) is 1. The Morgan fingerprint density at radius 2 is 1.90 bits per heavy atom. The lowest BCUT2D eigenvalue weighted by Gasteiger charge is -2.30. The van der Waals surface area contributed by atoms with E-state index >= 15 is 0 Å². The Bertz CT molecular complexity index is 592. The fourth-order valence-electron chi connectivity index (χ4n) is 2.76. The first-order valence-electron chi connectivity index (χ1n) is 7.54. The molecule has 0 bridgehead atoms. The zero-order valence-corrected chi connectivity index (χ0v) is 12.4. The van der Waals surface area contributed by atoms with Gasteiger partial charge in [-0.15, -0.1) is 0 Å². The maximum absolute atomic E-state index is 10.1.